The zero-order valence-electron chi connectivity index (χ0n) is 14.4. The van der Waals surface area contributed by atoms with Crippen LogP contribution in [0.1, 0.15) is 49.0 Å². The van der Waals surface area contributed by atoms with Gasteiger partial charge in [-0.25, -0.2) is 0 Å². The second kappa shape index (κ2) is 7.03. The lowest BCUT2D eigenvalue weighted by molar-refractivity contribution is 0.0890. The first-order valence-electron chi connectivity index (χ1n) is 9.13. The van der Waals surface area contributed by atoms with E-state index in [1.807, 2.05) is 0 Å². The third-order valence-corrected chi connectivity index (χ3v) is 5.27. The van der Waals surface area contributed by atoms with E-state index in [0.717, 1.165) is 50.9 Å². The van der Waals surface area contributed by atoms with Crippen molar-refractivity contribution in [3.63, 3.8) is 0 Å². The van der Waals surface area contributed by atoms with E-state index in [-0.39, 0.29) is 6.04 Å². The summed E-state index contributed by atoms with van der Waals surface area (Å²) in [6.45, 7) is 7.68. The Morgan fingerprint density at radius 2 is 1.88 bits per heavy atom. The molecule has 24 heavy (non-hydrogen) atoms. The van der Waals surface area contributed by atoms with Crippen molar-refractivity contribution in [2.75, 3.05) is 32.7 Å². The van der Waals surface area contributed by atoms with Crippen molar-refractivity contribution in [2.45, 2.75) is 38.1 Å². The van der Waals surface area contributed by atoms with E-state index in [1.165, 1.54) is 18.4 Å². The summed E-state index contributed by atoms with van der Waals surface area (Å²) in [6.07, 6.45) is 3.56. The van der Waals surface area contributed by atoms with Crippen molar-refractivity contribution in [3.05, 3.63) is 47.6 Å². The molecule has 5 heteroatoms. The van der Waals surface area contributed by atoms with Crippen LogP contribution < -0.4 is 0 Å². The standard InChI is InChI=1S/C19H26N4O/c1-15(19-20-18(21-24-19)17-7-8-17)23-13-11-22(12-14-23)10-9-16-5-3-2-4-6-16/h2-6,15,17H,7-14H2,1H3/t15-/m1/s1. The highest BCUT2D eigenvalue weighted by atomic mass is 16.5. The molecule has 4 rings (SSSR count). The molecule has 0 unspecified atom stereocenters. The minimum atomic E-state index is 0.223. The molecule has 0 amide bonds. The SMILES string of the molecule is C[C@H](c1nc(C2CC2)no1)N1CCN(CCc2ccccc2)CC1. The molecule has 0 radical (unpaired) electrons. The molecular formula is C19H26N4O. The first kappa shape index (κ1) is 15.8. The molecule has 2 aromatic rings. The molecule has 128 valence electrons. The minimum absolute atomic E-state index is 0.223. The number of aromatic nitrogens is 2. The van der Waals surface area contributed by atoms with Crippen molar-refractivity contribution < 1.29 is 4.52 Å². The first-order chi connectivity index (χ1) is 11.8. The highest BCUT2D eigenvalue weighted by Gasteiger charge is 2.31. The number of hydrogen-bond acceptors (Lipinski definition) is 5. The Kier molecular flexibility index (Phi) is 4.63. The van der Waals surface area contributed by atoms with Gasteiger partial charge in [0.1, 0.15) is 0 Å². The average Bonchev–Trinajstić information content (AvgIpc) is 3.38. The molecule has 0 spiro atoms. The van der Waals surface area contributed by atoms with E-state index in [9.17, 15) is 0 Å². The molecule has 2 fully saturated rings. The van der Waals surface area contributed by atoms with Gasteiger partial charge < -0.3 is 9.42 Å². The van der Waals surface area contributed by atoms with Gasteiger partial charge in [-0.05, 0) is 31.7 Å². The Morgan fingerprint density at radius 1 is 1.12 bits per heavy atom. The summed E-state index contributed by atoms with van der Waals surface area (Å²) in [6, 6.07) is 11.0. The Morgan fingerprint density at radius 3 is 2.58 bits per heavy atom. The largest absolute Gasteiger partial charge is 0.338 e. The molecule has 1 saturated carbocycles. The Hall–Kier alpha value is -1.72. The first-order valence-corrected chi connectivity index (χ1v) is 9.13. The Bertz CT molecular complexity index is 644. The van der Waals surface area contributed by atoms with E-state index in [2.05, 4.69) is 57.2 Å². The van der Waals surface area contributed by atoms with E-state index in [4.69, 9.17) is 4.52 Å². The highest BCUT2D eigenvalue weighted by Crippen LogP contribution is 2.38. The lowest BCUT2D eigenvalue weighted by atomic mass is 10.1. The third kappa shape index (κ3) is 3.68. The molecule has 2 aliphatic rings. The van der Waals surface area contributed by atoms with Gasteiger partial charge >= 0.3 is 0 Å². The van der Waals surface area contributed by atoms with E-state index in [1.54, 1.807) is 0 Å². The Balaban J connectivity index is 1.26. The second-order valence-electron chi connectivity index (χ2n) is 7.05. The van der Waals surface area contributed by atoms with Crippen LogP contribution in [-0.4, -0.2) is 52.7 Å². The maximum Gasteiger partial charge on any atom is 0.243 e. The van der Waals surface area contributed by atoms with Gasteiger partial charge in [0.05, 0.1) is 6.04 Å². The van der Waals surface area contributed by atoms with Crippen LogP contribution in [0.2, 0.25) is 0 Å². The second-order valence-corrected chi connectivity index (χ2v) is 7.05. The smallest absolute Gasteiger partial charge is 0.243 e. The van der Waals surface area contributed by atoms with Crippen LogP contribution >= 0.6 is 0 Å². The molecule has 1 atom stereocenters. The summed E-state index contributed by atoms with van der Waals surface area (Å²) in [5.74, 6) is 2.26. The predicted octanol–water partition coefficient (Wildman–Crippen LogP) is 2.87. The molecule has 1 saturated heterocycles. The maximum absolute atomic E-state index is 5.50. The van der Waals surface area contributed by atoms with Crippen molar-refractivity contribution in [1.82, 2.24) is 19.9 Å². The normalized spacial score (nSPS) is 21.0. The van der Waals surface area contributed by atoms with Gasteiger partial charge in [0, 0.05) is 38.6 Å². The number of nitrogens with zero attached hydrogens (tertiary/aromatic N) is 4. The van der Waals surface area contributed by atoms with E-state index >= 15 is 0 Å². The molecule has 5 nitrogen and oxygen atoms in total. The van der Waals surface area contributed by atoms with Crippen LogP contribution in [0.25, 0.3) is 0 Å². The monoisotopic (exact) mass is 326 g/mol. The van der Waals surface area contributed by atoms with Gasteiger partial charge in [-0.15, -0.1) is 0 Å². The van der Waals surface area contributed by atoms with Crippen LogP contribution in [0.15, 0.2) is 34.9 Å². The molecule has 0 bridgehead atoms. The van der Waals surface area contributed by atoms with Crippen molar-refractivity contribution in [1.29, 1.82) is 0 Å². The van der Waals surface area contributed by atoms with E-state index < -0.39 is 0 Å². The number of rotatable bonds is 6. The van der Waals surface area contributed by atoms with Gasteiger partial charge in [0.2, 0.25) is 5.89 Å². The molecule has 0 N–H and O–H groups in total. The molecule has 1 aliphatic carbocycles. The molecular weight excluding hydrogens is 300 g/mol. The van der Waals surface area contributed by atoms with Crippen LogP contribution in [0.5, 0.6) is 0 Å². The van der Waals surface area contributed by atoms with Gasteiger partial charge in [-0.1, -0.05) is 35.5 Å². The fourth-order valence-corrected chi connectivity index (χ4v) is 3.39. The van der Waals surface area contributed by atoms with Crippen molar-refractivity contribution in [3.8, 4) is 0 Å². The Labute approximate surface area is 143 Å². The van der Waals surface area contributed by atoms with Crippen LogP contribution in [0.4, 0.5) is 0 Å². The number of hydrogen-bond donors (Lipinski definition) is 0. The number of piperazine rings is 1. The fraction of sp³-hybridized carbons (Fsp3) is 0.579. The zero-order valence-corrected chi connectivity index (χ0v) is 14.4. The summed E-state index contributed by atoms with van der Waals surface area (Å²) in [5.41, 5.74) is 1.42. The van der Waals surface area contributed by atoms with Crippen molar-refractivity contribution in [2.24, 2.45) is 0 Å². The summed E-state index contributed by atoms with van der Waals surface area (Å²) in [7, 11) is 0. The maximum atomic E-state index is 5.50. The van der Waals surface area contributed by atoms with Gasteiger partial charge in [-0.3, -0.25) is 4.90 Å². The summed E-state index contributed by atoms with van der Waals surface area (Å²) in [5, 5.41) is 4.15. The summed E-state index contributed by atoms with van der Waals surface area (Å²) < 4.78 is 5.50. The van der Waals surface area contributed by atoms with E-state index in [0.29, 0.717) is 5.92 Å². The van der Waals surface area contributed by atoms with Crippen LogP contribution in [-0.2, 0) is 6.42 Å². The quantitative estimate of drug-likeness (QED) is 0.817. The lowest BCUT2D eigenvalue weighted by Crippen LogP contribution is -2.47. The lowest BCUT2D eigenvalue weighted by Gasteiger charge is -2.36. The van der Waals surface area contributed by atoms with Gasteiger partial charge in [0.25, 0.3) is 0 Å². The number of benzene rings is 1. The van der Waals surface area contributed by atoms with Gasteiger partial charge in [-0.2, -0.15) is 4.98 Å². The summed E-state index contributed by atoms with van der Waals surface area (Å²) >= 11 is 0. The predicted molar refractivity (Wildman–Crippen MR) is 92.8 cm³/mol. The van der Waals surface area contributed by atoms with Gasteiger partial charge in [0.15, 0.2) is 5.82 Å². The van der Waals surface area contributed by atoms with Crippen LogP contribution in [0.3, 0.4) is 0 Å². The molecule has 1 aromatic heterocycles. The third-order valence-electron chi connectivity index (χ3n) is 5.27. The molecule has 1 aliphatic heterocycles. The minimum Gasteiger partial charge on any atom is -0.338 e. The van der Waals surface area contributed by atoms with Crippen LogP contribution in [0, 0.1) is 0 Å². The average molecular weight is 326 g/mol. The highest BCUT2D eigenvalue weighted by molar-refractivity contribution is 5.14. The molecule has 1 aromatic carbocycles. The molecule has 2 heterocycles. The summed E-state index contributed by atoms with van der Waals surface area (Å²) in [4.78, 5) is 9.63. The fourth-order valence-electron chi connectivity index (χ4n) is 3.39. The zero-order chi connectivity index (χ0) is 16.4. The topological polar surface area (TPSA) is 45.4 Å². The van der Waals surface area contributed by atoms with Crippen molar-refractivity contribution >= 4 is 0 Å².